The maximum atomic E-state index is 12.3. The number of hydrogen-bond donors (Lipinski definition) is 2. The van der Waals surface area contributed by atoms with Gasteiger partial charge in [-0.05, 0) is 68.1 Å². The summed E-state index contributed by atoms with van der Waals surface area (Å²) in [6.45, 7) is 8.11. The SMILES string of the molecule is Cc1ccc(C)c(Nc2cnc(C(=O)Nc3ccc(C)c(C)c3)cn2)c1. The van der Waals surface area contributed by atoms with Crippen LogP contribution in [0.3, 0.4) is 0 Å². The summed E-state index contributed by atoms with van der Waals surface area (Å²) in [4.78, 5) is 20.9. The van der Waals surface area contributed by atoms with Gasteiger partial charge in [-0.15, -0.1) is 0 Å². The molecule has 0 spiro atoms. The number of carbonyl (C=O) groups is 1. The standard InChI is InChI=1S/C21H22N4O/c1-13-5-6-15(3)18(9-13)25-20-12-22-19(11-23-20)21(26)24-17-8-7-14(2)16(4)10-17/h5-12H,1-4H3,(H,23,25)(H,24,26). The van der Waals surface area contributed by atoms with Crippen molar-refractivity contribution < 1.29 is 4.79 Å². The van der Waals surface area contributed by atoms with Crippen LogP contribution in [0.1, 0.15) is 32.7 Å². The maximum Gasteiger partial charge on any atom is 0.275 e. The highest BCUT2D eigenvalue weighted by atomic mass is 16.1. The van der Waals surface area contributed by atoms with Crippen LogP contribution in [0.15, 0.2) is 48.8 Å². The number of nitrogens with zero attached hydrogens (tertiary/aromatic N) is 2. The zero-order valence-corrected chi connectivity index (χ0v) is 15.4. The molecule has 0 unspecified atom stereocenters. The number of rotatable bonds is 4. The Kier molecular flexibility index (Phi) is 4.98. The van der Waals surface area contributed by atoms with E-state index in [4.69, 9.17) is 0 Å². The lowest BCUT2D eigenvalue weighted by atomic mass is 10.1. The topological polar surface area (TPSA) is 66.9 Å². The van der Waals surface area contributed by atoms with Crippen LogP contribution in [-0.4, -0.2) is 15.9 Å². The lowest BCUT2D eigenvalue weighted by Gasteiger charge is -2.10. The highest BCUT2D eigenvalue weighted by molar-refractivity contribution is 6.02. The Morgan fingerprint density at radius 2 is 1.62 bits per heavy atom. The second kappa shape index (κ2) is 7.35. The van der Waals surface area contributed by atoms with Gasteiger partial charge in [0.15, 0.2) is 0 Å². The average Bonchev–Trinajstić information content (AvgIpc) is 2.62. The normalized spacial score (nSPS) is 10.5. The van der Waals surface area contributed by atoms with E-state index in [9.17, 15) is 4.79 Å². The predicted octanol–water partition coefficient (Wildman–Crippen LogP) is 4.71. The predicted molar refractivity (Wildman–Crippen MR) is 105 cm³/mol. The molecule has 5 nitrogen and oxygen atoms in total. The van der Waals surface area contributed by atoms with Crippen molar-refractivity contribution in [3.05, 3.63) is 76.7 Å². The van der Waals surface area contributed by atoms with Gasteiger partial charge >= 0.3 is 0 Å². The van der Waals surface area contributed by atoms with E-state index in [0.717, 1.165) is 28.1 Å². The van der Waals surface area contributed by atoms with Gasteiger partial charge in [0, 0.05) is 11.4 Å². The van der Waals surface area contributed by atoms with E-state index in [1.165, 1.54) is 11.8 Å². The lowest BCUT2D eigenvalue weighted by Crippen LogP contribution is -2.14. The molecule has 1 amide bonds. The molecule has 1 aromatic heterocycles. The van der Waals surface area contributed by atoms with E-state index in [1.54, 1.807) is 6.20 Å². The molecule has 0 fully saturated rings. The van der Waals surface area contributed by atoms with Crippen molar-refractivity contribution in [1.82, 2.24) is 9.97 Å². The van der Waals surface area contributed by atoms with Crippen LogP contribution < -0.4 is 10.6 Å². The van der Waals surface area contributed by atoms with E-state index >= 15 is 0 Å². The number of anilines is 3. The van der Waals surface area contributed by atoms with Crippen LogP contribution in [0.25, 0.3) is 0 Å². The van der Waals surface area contributed by atoms with Crippen LogP contribution in [0.4, 0.5) is 17.2 Å². The summed E-state index contributed by atoms with van der Waals surface area (Å²) in [6.07, 6.45) is 3.04. The number of nitrogens with one attached hydrogen (secondary N) is 2. The molecular weight excluding hydrogens is 324 g/mol. The molecule has 0 aliphatic rings. The smallest absolute Gasteiger partial charge is 0.275 e. The average molecular weight is 346 g/mol. The number of hydrogen-bond acceptors (Lipinski definition) is 4. The van der Waals surface area contributed by atoms with E-state index < -0.39 is 0 Å². The number of benzene rings is 2. The van der Waals surface area contributed by atoms with E-state index in [2.05, 4.69) is 38.8 Å². The van der Waals surface area contributed by atoms with Gasteiger partial charge in [-0.3, -0.25) is 4.79 Å². The third-order valence-corrected chi connectivity index (χ3v) is 4.31. The molecule has 0 atom stereocenters. The first kappa shape index (κ1) is 17.6. The summed E-state index contributed by atoms with van der Waals surface area (Å²) in [7, 11) is 0. The van der Waals surface area contributed by atoms with Crippen molar-refractivity contribution in [3.8, 4) is 0 Å². The molecular formula is C21H22N4O. The zero-order chi connectivity index (χ0) is 18.7. The van der Waals surface area contributed by atoms with Crippen LogP contribution in [0.5, 0.6) is 0 Å². The van der Waals surface area contributed by atoms with Crippen molar-refractivity contribution in [2.45, 2.75) is 27.7 Å². The van der Waals surface area contributed by atoms with E-state index in [0.29, 0.717) is 5.82 Å². The van der Waals surface area contributed by atoms with Crippen LogP contribution >= 0.6 is 0 Å². The Morgan fingerprint density at radius 3 is 2.31 bits per heavy atom. The van der Waals surface area contributed by atoms with Gasteiger partial charge in [0.05, 0.1) is 12.4 Å². The summed E-state index contributed by atoms with van der Waals surface area (Å²) in [5, 5.41) is 6.09. The van der Waals surface area contributed by atoms with Crippen LogP contribution in [-0.2, 0) is 0 Å². The first-order chi connectivity index (χ1) is 12.4. The van der Waals surface area contributed by atoms with Gasteiger partial charge in [-0.25, -0.2) is 9.97 Å². The van der Waals surface area contributed by atoms with E-state index in [-0.39, 0.29) is 11.6 Å². The van der Waals surface area contributed by atoms with Crippen molar-refractivity contribution in [3.63, 3.8) is 0 Å². The Labute approximate surface area is 153 Å². The molecule has 26 heavy (non-hydrogen) atoms. The van der Waals surface area contributed by atoms with Gasteiger partial charge in [0.25, 0.3) is 5.91 Å². The third-order valence-electron chi connectivity index (χ3n) is 4.31. The van der Waals surface area contributed by atoms with Gasteiger partial charge in [0.2, 0.25) is 0 Å². The molecule has 1 heterocycles. The van der Waals surface area contributed by atoms with Gasteiger partial charge in [-0.2, -0.15) is 0 Å². The first-order valence-electron chi connectivity index (χ1n) is 8.47. The summed E-state index contributed by atoms with van der Waals surface area (Å²) in [5.74, 6) is 0.320. The minimum atomic E-state index is -0.279. The summed E-state index contributed by atoms with van der Waals surface area (Å²) >= 11 is 0. The fourth-order valence-electron chi connectivity index (χ4n) is 2.53. The summed E-state index contributed by atoms with van der Waals surface area (Å²) in [5.41, 5.74) is 6.59. The minimum absolute atomic E-state index is 0.273. The highest BCUT2D eigenvalue weighted by Gasteiger charge is 2.09. The second-order valence-electron chi connectivity index (χ2n) is 6.48. The summed E-state index contributed by atoms with van der Waals surface area (Å²) in [6, 6.07) is 12.0. The Bertz CT molecular complexity index is 949. The van der Waals surface area contributed by atoms with Crippen molar-refractivity contribution in [1.29, 1.82) is 0 Å². The molecule has 0 saturated heterocycles. The van der Waals surface area contributed by atoms with Gasteiger partial charge < -0.3 is 10.6 Å². The zero-order valence-electron chi connectivity index (χ0n) is 15.4. The molecule has 2 aromatic carbocycles. The molecule has 132 valence electrons. The maximum absolute atomic E-state index is 12.3. The molecule has 3 rings (SSSR count). The number of aryl methyl sites for hydroxylation is 4. The monoisotopic (exact) mass is 346 g/mol. The third kappa shape index (κ3) is 4.06. The number of aromatic nitrogens is 2. The number of carbonyl (C=O) groups excluding carboxylic acids is 1. The van der Waals surface area contributed by atoms with Crippen molar-refractivity contribution in [2.24, 2.45) is 0 Å². The van der Waals surface area contributed by atoms with Crippen LogP contribution in [0, 0.1) is 27.7 Å². The van der Waals surface area contributed by atoms with Crippen molar-refractivity contribution >= 4 is 23.1 Å². The molecule has 0 aliphatic heterocycles. The molecule has 0 bridgehead atoms. The Balaban J connectivity index is 1.71. The Morgan fingerprint density at radius 1 is 0.846 bits per heavy atom. The molecule has 2 N–H and O–H groups in total. The quantitative estimate of drug-likeness (QED) is 0.718. The minimum Gasteiger partial charge on any atom is -0.339 e. The fourth-order valence-corrected chi connectivity index (χ4v) is 2.53. The fraction of sp³-hybridized carbons (Fsp3) is 0.190. The highest BCUT2D eigenvalue weighted by Crippen LogP contribution is 2.20. The van der Waals surface area contributed by atoms with Crippen molar-refractivity contribution in [2.75, 3.05) is 10.6 Å². The van der Waals surface area contributed by atoms with Gasteiger partial charge in [-0.1, -0.05) is 18.2 Å². The Hall–Kier alpha value is -3.21. The molecule has 5 heteroatoms. The molecule has 0 saturated carbocycles. The van der Waals surface area contributed by atoms with Crippen LogP contribution in [0.2, 0.25) is 0 Å². The summed E-state index contributed by atoms with van der Waals surface area (Å²) < 4.78 is 0. The molecule has 3 aromatic rings. The molecule has 0 radical (unpaired) electrons. The van der Waals surface area contributed by atoms with Gasteiger partial charge in [0.1, 0.15) is 11.5 Å². The number of amides is 1. The van der Waals surface area contributed by atoms with E-state index in [1.807, 2.05) is 45.9 Å². The second-order valence-corrected chi connectivity index (χ2v) is 6.48. The largest absolute Gasteiger partial charge is 0.339 e. The first-order valence-corrected chi connectivity index (χ1v) is 8.47. The molecule has 0 aliphatic carbocycles. The lowest BCUT2D eigenvalue weighted by molar-refractivity contribution is 0.102.